The third-order valence-corrected chi connectivity index (χ3v) is 3.15. The van der Waals surface area contributed by atoms with Crippen LogP contribution in [0.1, 0.15) is 13.3 Å². The number of ether oxygens (including phenoxy) is 1. The molecule has 2 rings (SSSR count). The molecule has 1 aromatic carbocycles. The van der Waals surface area contributed by atoms with Crippen LogP contribution in [0.3, 0.4) is 0 Å². The van der Waals surface area contributed by atoms with Crippen LogP contribution in [-0.4, -0.2) is 36.7 Å². The summed E-state index contributed by atoms with van der Waals surface area (Å²) in [7, 11) is 0. The van der Waals surface area contributed by atoms with Crippen molar-refractivity contribution in [3.05, 3.63) is 29.8 Å². The number of rotatable bonds is 2. The summed E-state index contributed by atoms with van der Waals surface area (Å²) in [5.74, 6) is -1.57. The first kappa shape index (κ1) is 13.7. The van der Waals surface area contributed by atoms with Crippen molar-refractivity contribution in [2.24, 2.45) is 0 Å². The Labute approximate surface area is 110 Å². The zero-order valence-electron chi connectivity index (χ0n) is 10.7. The van der Waals surface area contributed by atoms with E-state index in [4.69, 9.17) is 4.74 Å². The lowest BCUT2D eigenvalue weighted by Crippen LogP contribution is -2.50. The number of halogens is 2. The molecule has 0 radical (unpaired) electrons. The van der Waals surface area contributed by atoms with Gasteiger partial charge in [-0.15, -0.1) is 0 Å². The molecule has 0 aromatic heterocycles. The number of urea groups is 1. The Morgan fingerprint density at radius 2 is 2.16 bits per heavy atom. The fourth-order valence-electron chi connectivity index (χ4n) is 2.06. The molecule has 1 atom stereocenters. The van der Waals surface area contributed by atoms with Gasteiger partial charge in [0.15, 0.2) is 0 Å². The number of carbonyl (C=O) groups excluding carboxylic acids is 1. The van der Waals surface area contributed by atoms with E-state index in [1.807, 2.05) is 6.92 Å². The van der Waals surface area contributed by atoms with E-state index in [0.29, 0.717) is 19.8 Å². The summed E-state index contributed by atoms with van der Waals surface area (Å²) in [6.07, 6.45) is 0.729. The van der Waals surface area contributed by atoms with E-state index in [1.165, 1.54) is 6.07 Å². The van der Waals surface area contributed by atoms with E-state index < -0.39 is 23.4 Å². The Morgan fingerprint density at radius 1 is 1.47 bits per heavy atom. The highest BCUT2D eigenvalue weighted by Crippen LogP contribution is 2.20. The minimum atomic E-state index is -0.783. The molecule has 0 aliphatic carbocycles. The lowest BCUT2D eigenvalue weighted by atomic mass is 10.2. The average molecular weight is 270 g/mol. The first-order chi connectivity index (χ1) is 9.13. The number of morpholine rings is 1. The molecule has 2 amide bonds. The van der Waals surface area contributed by atoms with E-state index in [2.05, 4.69) is 5.32 Å². The fourth-order valence-corrected chi connectivity index (χ4v) is 2.06. The van der Waals surface area contributed by atoms with Crippen molar-refractivity contribution >= 4 is 11.7 Å². The molecule has 1 fully saturated rings. The Bertz CT molecular complexity index is 448. The van der Waals surface area contributed by atoms with Gasteiger partial charge in [-0.1, -0.05) is 13.0 Å². The topological polar surface area (TPSA) is 41.6 Å². The van der Waals surface area contributed by atoms with Crippen molar-refractivity contribution in [2.45, 2.75) is 19.4 Å². The molecule has 1 aliphatic rings. The molecule has 0 bridgehead atoms. The second-order valence-electron chi connectivity index (χ2n) is 4.36. The molecular weight excluding hydrogens is 254 g/mol. The molecule has 1 aromatic rings. The van der Waals surface area contributed by atoms with Crippen LogP contribution >= 0.6 is 0 Å². The summed E-state index contributed by atoms with van der Waals surface area (Å²) < 4.78 is 32.2. The highest BCUT2D eigenvalue weighted by atomic mass is 19.1. The monoisotopic (exact) mass is 270 g/mol. The van der Waals surface area contributed by atoms with E-state index in [-0.39, 0.29) is 6.04 Å². The van der Waals surface area contributed by atoms with Crippen LogP contribution in [0.4, 0.5) is 19.3 Å². The number of hydrogen-bond donors (Lipinski definition) is 1. The normalized spacial score (nSPS) is 19.3. The summed E-state index contributed by atoms with van der Waals surface area (Å²) in [4.78, 5) is 13.6. The largest absolute Gasteiger partial charge is 0.377 e. The summed E-state index contributed by atoms with van der Waals surface area (Å²) in [6.45, 7) is 3.23. The number of anilines is 1. The highest BCUT2D eigenvalue weighted by Gasteiger charge is 2.27. The van der Waals surface area contributed by atoms with Gasteiger partial charge in [-0.3, -0.25) is 0 Å². The smallest absolute Gasteiger partial charge is 0.322 e. The third-order valence-electron chi connectivity index (χ3n) is 3.15. The molecule has 1 heterocycles. The standard InChI is InChI=1S/C13H16F2N2O2/c1-2-9-8-19-7-6-17(9)13(18)16-12-10(14)4-3-5-11(12)15/h3-5,9H,2,6-8H2,1H3,(H,16,18). The SMILES string of the molecule is CCC1COCCN1C(=O)Nc1c(F)cccc1F. The summed E-state index contributed by atoms with van der Waals surface area (Å²) in [5.41, 5.74) is -0.408. The minimum absolute atomic E-state index is 0.0661. The molecular formula is C13H16F2N2O2. The Morgan fingerprint density at radius 3 is 2.79 bits per heavy atom. The molecule has 19 heavy (non-hydrogen) atoms. The minimum Gasteiger partial charge on any atom is -0.377 e. The van der Waals surface area contributed by atoms with E-state index in [9.17, 15) is 13.6 Å². The number of benzene rings is 1. The molecule has 1 N–H and O–H groups in total. The summed E-state index contributed by atoms with van der Waals surface area (Å²) in [5, 5.41) is 2.29. The van der Waals surface area contributed by atoms with Crippen LogP contribution in [0.25, 0.3) is 0 Å². The quantitative estimate of drug-likeness (QED) is 0.897. The lowest BCUT2D eigenvalue weighted by Gasteiger charge is -2.35. The van der Waals surface area contributed by atoms with Crippen molar-refractivity contribution in [2.75, 3.05) is 25.1 Å². The van der Waals surface area contributed by atoms with E-state index in [1.54, 1.807) is 4.90 Å². The molecule has 0 saturated carbocycles. The fraction of sp³-hybridized carbons (Fsp3) is 0.462. The van der Waals surface area contributed by atoms with Crippen LogP contribution in [0.2, 0.25) is 0 Å². The predicted octanol–water partition coefficient (Wildman–Crippen LogP) is 2.61. The van der Waals surface area contributed by atoms with Crippen LogP contribution in [0.5, 0.6) is 0 Å². The Kier molecular flexibility index (Phi) is 4.31. The molecule has 6 heteroatoms. The van der Waals surface area contributed by atoms with Gasteiger partial charge >= 0.3 is 6.03 Å². The van der Waals surface area contributed by atoms with Crippen LogP contribution < -0.4 is 5.32 Å². The van der Waals surface area contributed by atoms with Gasteiger partial charge in [0.1, 0.15) is 17.3 Å². The lowest BCUT2D eigenvalue weighted by molar-refractivity contribution is 0.0143. The van der Waals surface area contributed by atoms with Crippen molar-refractivity contribution in [1.82, 2.24) is 4.90 Å². The molecule has 0 spiro atoms. The van der Waals surface area contributed by atoms with Gasteiger partial charge in [-0.05, 0) is 18.6 Å². The molecule has 4 nitrogen and oxygen atoms in total. The van der Waals surface area contributed by atoms with E-state index in [0.717, 1.165) is 18.6 Å². The van der Waals surface area contributed by atoms with Crippen LogP contribution in [0, 0.1) is 11.6 Å². The number of carbonyl (C=O) groups is 1. The molecule has 1 saturated heterocycles. The number of para-hydroxylation sites is 1. The maximum atomic E-state index is 13.5. The third kappa shape index (κ3) is 3.01. The van der Waals surface area contributed by atoms with E-state index >= 15 is 0 Å². The van der Waals surface area contributed by atoms with Crippen molar-refractivity contribution in [3.63, 3.8) is 0 Å². The summed E-state index contributed by atoms with van der Waals surface area (Å²) >= 11 is 0. The van der Waals surface area contributed by atoms with Crippen molar-refractivity contribution < 1.29 is 18.3 Å². The Balaban J connectivity index is 2.12. The number of hydrogen-bond acceptors (Lipinski definition) is 2. The van der Waals surface area contributed by atoms with Crippen LogP contribution in [-0.2, 0) is 4.74 Å². The van der Waals surface area contributed by atoms with Crippen LogP contribution in [0.15, 0.2) is 18.2 Å². The van der Waals surface area contributed by atoms with Gasteiger partial charge in [0.2, 0.25) is 0 Å². The van der Waals surface area contributed by atoms with Crippen molar-refractivity contribution in [1.29, 1.82) is 0 Å². The van der Waals surface area contributed by atoms with Gasteiger partial charge in [0.05, 0.1) is 19.3 Å². The zero-order valence-corrected chi connectivity index (χ0v) is 10.7. The predicted molar refractivity (Wildman–Crippen MR) is 67.0 cm³/mol. The molecule has 1 unspecified atom stereocenters. The number of nitrogens with zero attached hydrogens (tertiary/aromatic N) is 1. The van der Waals surface area contributed by atoms with Gasteiger partial charge < -0.3 is 15.0 Å². The van der Waals surface area contributed by atoms with Crippen molar-refractivity contribution in [3.8, 4) is 0 Å². The number of amides is 2. The highest BCUT2D eigenvalue weighted by molar-refractivity contribution is 5.89. The van der Waals surface area contributed by atoms with Gasteiger partial charge in [-0.2, -0.15) is 0 Å². The second kappa shape index (κ2) is 5.97. The van der Waals surface area contributed by atoms with Gasteiger partial charge in [-0.25, -0.2) is 13.6 Å². The first-order valence-electron chi connectivity index (χ1n) is 6.23. The maximum absolute atomic E-state index is 13.5. The average Bonchev–Trinajstić information content (AvgIpc) is 2.42. The Hall–Kier alpha value is -1.69. The zero-order chi connectivity index (χ0) is 13.8. The first-order valence-corrected chi connectivity index (χ1v) is 6.23. The van der Waals surface area contributed by atoms with Gasteiger partial charge in [0.25, 0.3) is 0 Å². The number of nitrogens with one attached hydrogen (secondary N) is 1. The molecule has 1 aliphatic heterocycles. The molecule has 104 valence electrons. The maximum Gasteiger partial charge on any atom is 0.322 e. The summed E-state index contributed by atoms with van der Waals surface area (Å²) in [6, 6.07) is 2.90. The second-order valence-corrected chi connectivity index (χ2v) is 4.36. The van der Waals surface area contributed by atoms with Gasteiger partial charge in [0, 0.05) is 6.54 Å².